The van der Waals surface area contributed by atoms with Crippen LogP contribution in [0.3, 0.4) is 0 Å². The van der Waals surface area contributed by atoms with Crippen molar-refractivity contribution in [3.8, 4) is 0 Å². The quantitative estimate of drug-likeness (QED) is 0.344. The molecule has 0 heterocycles. The molecule has 150 valence electrons. The second-order valence-corrected chi connectivity index (χ2v) is 7.03. The molecular formula is C20H36N2O4. The molecule has 0 saturated carbocycles. The van der Waals surface area contributed by atoms with Crippen LogP contribution in [0.25, 0.3) is 0 Å². The summed E-state index contributed by atoms with van der Waals surface area (Å²) >= 11 is 0. The molecule has 2 amide bonds. The number of nitrogens with one attached hydrogen (secondary N) is 2. The van der Waals surface area contributed by atoms with Crippen molar-refractivity contribution in [2.45, 2.75) is 40.5 Å². The SMILES string of the molecule is C=C(C)C(=O)NCCC(C)COCCCOCC(C)CNC(=O)C(=C)C. The molecule has 2 unspecified atom stereocenters. The lowest BCUT2D eigenvalue weighted by Crippen LogP contribution is -2.30. The minimum Gasteiger partial charge on any atom is -0.381 e. The van der Waals surface area contributed by atoms with Gasteiger partial charge in [0.1, 0.15) is 0 Å². The van der Waals surface area contributed by atoms with E-state index in [0.29, 0.717) is 56.6 Å². The Morgan fingerprint density at radius 2 is 1.38 bits per heavy atom. The van der Waals surface area contributed by atoms with E-state index in [2.05, 4.69) is 30.7 Å². The summed E-state index contributed by atoms with van der Waals surface area (Å²) in [6.45, 7) is 18.5. The van der Waals surface area contributed by atoms with Crippen LogP contribution in [0.1, 0.15) is 40.5 Å². The molecule has 26 heavy (non-hydrogen) atoms. The molecule has 0 bridgehead atoms. The van der Waals surface area contributed by atoms with Gasteiger partial charge in [0.25, 0.3) is 0 Å². The normalized spacial score (nSPS) is 12.9. The Kier molecular flexibility index (Phi) is 13.6. The molecule has 0 rings (SSSR count). The van der Waals surface area contributed by atoms with Crippen LogP contribution in [0.15, 0.2) is 24.3 Å². The first-order chi connectivity index (χ1) is 12.2. The minimum atomic E-state index is -0.112. The van der Waals surface area contributed by atoms with Crippen LogP contribution in [0, 0.1) is 11.8 Å². The van der Waals surface area contributed by atoms with Gasteiger partial charge >= 0.3 is 0 Å². The Bertz CT molecular complexity index is 463. The zero-order chi connectivity index (χ0) is 19.9. The van der Waals surface area contributed by atoms with Gasteiger partial charge in [0.15, 0.2) is 0 Å². The number of ether oxygens (including phenoxy) is 2. The van der Waals surface area contributed by atoms with Crippen LogP contribution in [0.4, 0.5) is 0 Å². The monoisotopic (exact) mass is 368 g/mol. The van der Waals surface area contributed by atoms with E-state index in [-0.39, 0.29) is 17.7 Å². The van der Waals surface area contributed by atoms with Gasteiger partial charge in [-0.15, -0.1) is 0 Å². The predicted octanol–water partition coefficient (Wildman–Crippen LogP) is 2.46. The molecule has 0 radical (unpaired) electrons. The maximum absolute atomic E-state index is 11.4. The fraction of sp³-hybridized carbons (Fsp3) is 0.700. The summed E-state index contributed by atoms with van der Waals surface area (Å²) in [5.41, 5.74) is 1.05. The lowest BCUT2D eigenvalue weighted by molar-refractivity contribution is -0.118. The van der Waals surface area contributed by atoms with Crippen molar-refractivity contribution in [1.82, 2.24) is 10.6 Å². The van der Waals surface area contributed by atoms with E-state index < -0.39 is 0 Å². The molecule has 0 aliphatic heterocycles. The fourth-order valence-corrected chi connectivity index (χ4v) is 1.98. The standard InChI is InChI=1S/C20H36N2O4/c1-15(2)19(23)21-9-8-17(5)13-25-10-7-11-26-14-18(6)12-22-20(24)16(3)4/h17-18H,1,3,7-14H2,2,4-6H3,(H,21,23)(H,22,24). The van der Waals surface area contributed by atoms with E-state index in [9.17, 15) is 9.59 Å². The van der Waals surface area contributed by atoms with Gasteiger partial charge in [-0.05, 0) is 38.5 Å². The fourth-order valence-electron chi connectivity index (χ4n) is 1.98. The van der Waals surface area contributed by atoms with Crippen LogP contribution >= 0.6 is 0 Å². The Labute approximate surface area is 158 Å². The maximum atomic E-state index is 11.4. The van der Waals surface area contributed by atoms with Gasteiger partial charge in [-0.3, -0.25) is 9.59 Å². The largest absolute Gasteiger partial charge is 0.381 e. The van der Waals surface area contributed by atoms with Crippen molar-refractivity contribution >= 4 is 11.8 Å². The zero-order valence-corrected chi connectivity index (χ0v) is 16.9. The van der Waals surface area contributed by atoms with Gasteiger partial charge in [-0.2, -0.15) is 0 Å². The molecule has 0 spiro atoms. The molecule has 2 atom stereocenters. The highest BCUT2D eigenvalue weighted by atomic mass is 16.5. The van der Waals surface area contributed by atoms with E-state index in [1.165, 1.54) is 0 Å². The minimum absolute atomic E-state index is 0.0938. The number of hydrogen-bond donors (Lipinski definition) is 2. The van der Waals surface area contributed by atoms with Gasteiger partial charge in [-0.25, -0.2) is 0 Å². The van der Waals surface area contributed by atoms with Crippen molar-refractivity contribution < 1.29 is 19.1 Å². The van der Waals surface area contributed by atoms with Crippen molar-refractivity contribution in [3.63, 3.8) is 0 Å². The van der Waals surface area contributed by atoms with Crippen LogP contribution < -0.4 is 10.6 Å². The highest BCUT2D eigenvalue weighted by Gasteiger charge is 2.07. The van der Waals surface area contributed by atoms with Crippen LogP contribution in [0.5, 0.6) is 0 Å². The van der Waals surface area contributed by atoms with E-state index in [0.717, 1.165) is 12.8 Å². The summed E-state index contributed by atoms with van der Waals surface area (Å²) in [6.07, 6.45) is 1.72. The summed E-state index contributed by atoms with van der Waals surface area (Å²) in [6, 6.07) is 0. The molecule has 2 N–H and O–H groups in total. The Balaban J connectivity index is 3.49. The smallest absolute Gasteiger partial charge is 0.246 e. The summed E-state index contributed by atoms with van der Waals surface area (Å²) < 4.78 is 11.2. The molecule has 0 aromatic carbocycles. The van der Waals surface area contributed by atoms with Gasteiger partial charge in [-0.1, -0.05) is 27.0 Å². The third kappa shape index (κ3) is 13.6. The molecule has 0 fully saturated rings. The third-order valence-electron chi connectivity index (χ3n) is 3.69. The molecule has 0 aromatic rings. The second kappa shape index (κ2) is 14.5. The first-order valence-corrected chi connectivity index (χ1v) is 9.26. The second-order valence-electron chi connectivity index (χ2n) is 7.03. The molecule has 6 nitrogen and oxygen atoms in total. The van der Waals surface area contributed by atoms with Crippen molar-refractivity contribution in [2.75, 3.05) is 39.5 Å². The Morgan fingerprint density at radius 1 is 0.885 bits per heavy atom. The highest BCUT2D eigenvalue weighted by Crippen LogP contribution is 2.02. The summed E-state index contributed by atoms with van der Waals surface area (Å²) in [5.74, 6) is 0.439. The number of rotatable bonds is 15. The van der Waals surface area contributed by atoms with E-state index >= 15 is 0 Å². The van der Waals surface area contributed by atoms with Crippen LogP contribution in [-0.4, -0.2) is 51.3 Å². The number of carbonyl (C=O) groups excluding carboxylic acids is 2. The number of carbonyl (C=O) groups is 2. The van der Waals surface area contributed by atoms with E-state index in [4.69, 9.17) is 9.47 Å². The van der Waals surface area contributed by atoms with E-state index in [1.807, 2.05) is 6.92 Å². The molecule has 6 heteroatoms. The maximum Gasteiger partial charge on any atom is 0.246 e. The first kappa shape index (κ1) is 24.3. The highest BCUT2D eigenvalue weighted by molar-refractivity contribution is 5.92. The predicted molar refractivity (Wildman–Crippen MR) is 105 cm³/mol. The third-order valence-corrected chi connectivity index (χ3v) is 3.69. The number of hydrogen-bond acceptors (Lipinski definition) is 4. The Hall–Kier alpha value is -1.66. The molecule has 0 aliphatic rings. The van der Waals surface area contributed by atoms with Gasteiger partial charge in [0.05, 0.1) is 6.61 Å². The van der Waals surface area contributed by atoms with Crippen molar-refractivity contribution in [1.29, 1.82) is 0 Å². The molecular weight excluding hydrogens is 332 g/mol. The summed E-state index contributed by atoms with van der Waals surface area (Å²) in [5, 5.41) is 5.63. The topological polar surface area (TPSA) is 76.7 Å². The zero-order valence-electron chi connectivity index (χ0n) is 16.9. The molecule has 0 aliphatic carbocycles. The number of amides is 2. The van der Waals surface area contributed by atoms with Crippen molar-refractivity contribution in [3.05, 3.63) is 24.3 Å². The van der Waals surface area contributed by atoms with Crippen LogP contribution in [-0.2, 0) is 19.1 Å². The lowest BCUT2D eigenvalue weighted by Gasteiger charge is -2.14. The first-order valence-electron chi connectivity index (χ1n) is 9.26. The van der Waals surface area contributed by atoms with E-state index in [1.54, 1.807) is 13.8 Å². The average molecular weight is 369 g/mol. The average Bonchev–Trinajstić information content (AvgIpc) is 2.58. The van der Waals surface area contributed by atoms with Crippen molar-refractivity contribution in [2.24, 2.45) is 11.8 Å². The molecule has 0 aromatic heterocycles. The van der Waals surface area contributed by atoms with Gasteiger partial charge in [0, 0.05) is 44.1 Å². The van der Waals surface area contributed by atoms with Crippen LogP contribution in [0.2, 0.25) is 0 Å². The van der Waals surface area contributed by atoms with Gasteiger partial charge < -0.3 is 20.1 Å². The lowest BCUT2D eigenvalue weighted by atomic mass is 10.1. The van der Waals surface area contributed by atoms with Gasteiger partial charge in [0.2, 0.25) is 11.8 Å². The summed E-state index contributed by atoms with van der Waals surface area (Å²) in [7, 11) is 0. The summed E-state index contributed by atoms with van der Waals surface area (Å²) in [4.78, 5) is 22.7. The Morgan fingerprint density at radius 3 is 1.92 bits per heavy atom. The molecule has 0 saturated heterocycles.